The van der Waals surface area contributed by atoms with Gasteiger partial charge in [-0.2, -0.15) is 5.26 Å². The summed E-state index contributed by atoms with van der Waals surface area (Å²) in [7, 11) is 3.17. The van der Waals surface area contributed by atoms with Crippen molar-refractivity contribution in [2.45, 2.75) is 25.8 Å². The van der Waals surface area contributed by atoms with Crippen molar-refractivity contribution in [2.24, 2.45) is 0 Å². The Labute approximate surface area is 120 Å². The largest absolute Gasteiger partial charge is 0.496 e. The lowest BCUT2D eigenvalue weighted by atomic mass is 10.1. The van der Waals surface area contributed by atoms with Gasteiger partial charge in [0.05, 0.1) is 20.3 Å². The standard InChI is InChI=1S/C15H22N2O3/c1-5-6-17-15(2,10-16)11-20-14-8-12(18-3)7-13(9-14)19-4/h7-9,17H,5-6,11H2,1-4H3. The first-order valence-electron chi connectivity index (χ1n) is 6.59. The number of benzene rings is 1. The van der Waals surface area contributed by atoms with E-state index in [-0.39, 0.29) is 6.61 Å². The zero-order chi connectivity index (χ0) is 15.0. The van der Waals surface area contributed by atoms with Gasteiger partial charge in [-0.3, -0.25) is 5.32 Å². The number of ether oxygens (including phenoxy) is 3. The molecular weight excluding hydrogens is 256 g/mol. The van der Waals surface area contributed by atoms with Crippen molar-refractivity contribution < 1.29 is 14.2 Å². The summed E-state index contributed by atoms with van der Waals surface area (Å²) in [6, 6.07) is 7.54. The molecule has 0 spiro atoms. The zero-order valence-electron chi connectivity index (χ0n) is 12.5. The second-order valence-electron chi connectivity index (χ2n) is 4.71. The number of nitrogens with zero attached hydrogens (tertiary/aromatic N) is 1. The number of nitrogens with one attached hydrogen (secondary N) is 1. The van der Waals surface area contributed by atoms with Crippen LogP contribution in [0.5, 0.6) is 17.2 Å². The van der Waals surface area contributed by atoms with Crippen molar-refractivity contribution >= 4 is 0 Å². The Bertz CT molecular complexity index is 448. The topological polar surface area (TPSA) is 63.5 Å². The minimum atomic E-state index is -0.716. The molecule has 0 bridgehead atoms. The van der Waals surface area contributed by atoms with Gasteiger partial charge in [0.15, 0.2) is 0 Å². The van der Waals surface area contributed by atoms with Crippen LogP contribution in [0.1, 0.15) is 20.3 Å². The highest BCUT2D eigenvalue weighted by molar-refractivity contribution is 5.42. The number of hydrogen-bond acceptors (Lipinski definition) is 5. The molecule has 0 saturated carbocycles. The van der Waals surface area contributed by atoms with E-state index in [2.05, 4.69) is 18.3 Å². The molecule has 0 radical (unpaired) electrons. The summed E-state index contributed by atoms with van der Waals surface area (Å²) in [5.41, 5.74) is -0.716. The average molecular weight is 278 g/mol. The van der Waals surface area contributed by atoms with Gasteiger partial charge in [-0.25, -0.2) is 0 Å². The molecule has 1 atom stereocenters. The predicted octanol–water partition coefficient (Wildman–Crippen LogP) is 2.36. The van der Waals surface area contributed by atoms with Crippen LogP contribution in [0.25, 0.3) is 0 Å². The van der Waals surface area contributed by atoms with E-state index in [9.17, 15) is 5.26 Å². The van der Waals surface area contributed by atoms with Crippen LogP contribution in [0.3, 0.4) is 0 Å². The Balaban J connectivity index is 2.75. The molecule has 0 aliphatic heterocycles. The van der Waals surface area contributed by atoms with Gasteiger partial charge in [0, 0.05) is 18.2 Å². The first-order valence-corrected chi connectivity index (χ1v) is 6.59. The number of hydrogen-bond donors (Lipinski definition) is 1. The van der Waals surface area contributed by atoms with Crippen molar-refractivity contribution in [3.63, 3.8) is 0 Å². The molecule has 0 heterocycles. The predicted molar refractivity (Wildman–Crippen MR) is 77.4 cm³/mol. The summed E-state index contributed by atoms with van der Waals surface area (Å²) in [5.74, 6) is 1.92. The highest BCUT2D eigenvalue weighted by Crippen LogP contribution is 2.27. The molecule has 1 aromatic rings. The second-order valence-corrected chi connectivity index (χ2v) is 4.71. The summed E-state index contributed by atoms with van der Waals surface area (Å²) in [6.07, 6.45) is 0.963. The van der Waals surface area contributed by atoms with Crippen LogP contribution in [-0.4, -0.2) is 32.9 Å². The van der Waals surface area contributed by atoms with Gasteiger partial charge in [-0.1, -0.05) is 6.92 Å². The molecular formula is C15H22N2O3. The fourth-order valence-electron chi connectivity index (χ4n) is 1.62. The molecule has 0 amide bonds. The van der Waals surface area contributed by atoms with Crippen molar-refractivity contribution in [3.05, 3.63) is 18.2 Å². The van der Waals surface area contributed by atoms with Gasteiger partial charge in [-0.05, 0) is 19.9 Å². The molecule has 1 N–H and O–H groups in total. The molecule has 0 aliphatic carbocycles. The highest BCUT2D eigenvalue weighted by atomic mass is 16.5. The highest BCUT2D eigenvalue weighted by Gasteiger charge is 2.23. The summed E-state index contributed by atoms with van der Waals surface area (Å²) in [6.45, 7) is 4.90. The maximum atomic E-state index is 9.25. The van der Waals surface area contributed by atoms with Crippen LogP contribution >= 0.6 is 0 Å². The first-order chi connectivity index (χ1) is 9.56. The van der Waals surface area contributed by atoms with Gasteiger partial charge in [0.1, 0.15) is 29.4 Å². The Morgan fingerprint density at radius 2 is 1.70 bits per heavy atom. The lowest BCUT2D eigenvalue weighted by molar-refractivity contribution is 0.232. The SMILES string of the molecule is CCCNC(C)(C#N)COc1cc(OC)cc(OC)c1. The normalized spacial score (nSPS) is 13.2. The van der Waals surface area contributed by atoms with E-state index in [1.54, 1.807) is 32.4 Å². The quantitative estimate of drug-likeness (QED) is 0.791. The third kappa shape index (κ3) is 4.63. The van der Waals surface area contributed by atoms with Gasteiger partial charge in [0.2, 0.25) is 0 Å². The maximum Gasteiger partial charge on any atom is 0.138 e. The van der Waals surface area contributed by atoms with E-state index in [0.29, 0.717) is 17.2 Å². The molecule has 5 nitrogen and oxygen atoms in total. The third-order valence-corrected chi connectivity index (χ3v) is 2.86. The van der Waals surface area contributed by atoms with E-state index in [4.69, 9.17) is 14.2 Å². The van der Waals surface area contributed by atoms with Gasteiger partial charge in [0.25, 0.3) is 0 Å². The Kier molecular flexibility index (Phi) is 6.13. The number of nitriles is 1. The smallest absolute Gasteiger partial charge is 0.138 e. The monoisotopic (exact) mass is 278 g/mol. The fourth-order valence-corrected chi connectivity index (χ4v) is 1.62. The van der Waals surface area contributed by atoms with Crippen molar-refractivity contribution in [3.8, 4) is 23.3 Å². The molecule has 0 aliphatic rings. The van der Waals surface area contributed by atoms with Crippen LogP contribution in [0.4, 0.5) is 0 Å². The first kappa shape index (κ1) is 16.1. The second kappa shape index (κ2) is 7.61. The summed E-state index contributed by atoms with van der Waals surface area (Å²) < 4.78 is 16.1. The maximum absolute atomic E-state index is 9.25. The van der Waals surface area contributed by atoms with Crippen LogP contribution < -0.4 is 19.5 Å². The molecule has 20 heavy (non-hydrogen) atoms. The minimum absolute atomic E-state index is 0.250. The molecule has 110 valence electrons. The van der Waals surface area contributed by atoms with E-state index >= 15 is 0 Å². The van der Waals surface area contributed by atoms with E-state index < -0.39 is 5.54 Å². The fraction of sp³-hybridized carbons (Fsp3) is 0.533. The van der Waals surface area contributed by atoms with Crippen LogP contribution in [-0.2, 0) is 0 Å². The Hall–Kier alpha value is -1.93. The van der Waals surface area contributed by atoms with Crippen molar-refractivity contribution in [2.75, 3.05) is 27.4 Å². The van der Waals surface area contributed by atoms with Gasteiger partial charge < -0.3 is 14.2 Å². The van der Waals surface area contributed by atoms with Crippen LogP contribution in [0.2, 0.25) is 0 Å². The molecule has 0 fully saturated rings. The Morgan fingerprint density at radius 3 is 2.15 bits per heavy atom. The third-order valence-electron chi connectivity index (χ3n) is 2.86. The molecule has 5 heteroatoms. The van der Waals surface area contributed by atoms with E-state index in [0.717, 1.165) is 13.0 Å². The van der Waals surface area contributed by atoms with Gasteiger partial charge >= 0.3 is 0 Å². The zero-order valence-corrected chi connectivity index (χ0v) is 12.5. The van der Waals surface area contributed by atoms with Crippen molar-refractivity contribution in [1.29, 1.82) is 5.26 Å². The number of methoxy groups -OCH3 is 2. The summed E-state index contributed by atoms with van der Waals surface area (Å²) in [5, 5.41) is 12.4. The minimum Gasteiger partial charge on any atom is -0.496 e. The molecule has 1 unspecified atom stereocenters. The van der Waals surface area contributed by atoms with Gasteiger partial charge in [-0.15, -0.1) is 0 Å². The van der Waals surface area contributed by atoms with Crippen molar-refractivity contribution in [1.82, 2.24) is 5.32 Å². The lowest BCUT2D eigenvalue weighted by Crippen LogP contribution is -2.46. The van der Waals surface area contributed by atoms with E-state index in [1.165, 1.54) is 0 Å². The summed E-state index contributed by atoms with van der Waals surface area (Å²) in [4.78, 5) is 0. The van der Waals surface area contributed by atoms with Crippen LogP contribution in [0, 0.1) is 11.3 Å². The molecule has 0 saturated heterocycles. The molecule has 0 aromatic heterocycles. The average Bonchev–Trinajstić information content (AvgIpc) is 2.50. The van der Waals surface area contributed by atoms with Crippen LogP contribution in [0.15, 0.2) is 18.2 Å². The van der Waals surface area contributed by atoms with E-state index in [1.807, 2.05) is 6.92 Å². The lowest BCUT2D eigenvalue weighted by Gasteiger charge is -2.23. The number of rotatable bonds is 8. The summed E-state index contributed by atoms with van der Waals surface area (Å²) >= 11 is 0. The molecule has 1 rings (SSSR count). The molecule has 1 aromatic carbocycles. The Morgan fingerprint density at radius 1 is 1.15 bits per heavy atom.